The summed E-state index contributed by atoms with van der Waals surface area (Å²) in [5.74, 6) is -0.478. The van der Waals surface area contributed by atoms with Gasteiger partial charge in [-0.3, -0.25) is 10.1 Å². The van der Waals surface area contributed by atoms with Crippen LogP contribution in [-0.2, 0) is 17.9 Å². The molecule has 0 radical (unpaired) electrons. The van der Waals surface area contributed by atoms with Crippen molar-refractivity contribution >= 4 is 22.6 Å². The summed E-state index contributed by atoms with van der Waals surface area (Å²) >= 11 is 0. The van der Waals surface area contributed by atoms with Crippen molar-refractivity contribution in [1.29, 1.82) is 0 Å². The predicted octanol–water partition coefficient (Wildman–Crippen LogP) is 5.00. The lowest BCUT2D eigenvalue weighted by Crippen LogP contribution is -2.45. The van der Waals surface area contributed by atoms with Gasteiger partial charge in [-0.25, -0.2) is 9.18 Å². The molecule has 13 heteroatoms. The van der Waals surface area contributed by atoms with E-state index >= 15 is 4.39 Å². The number of aliphatic hydroxyl groups is 1. The highest BCUT2D eigenvalue weighted by atomic mass is 19.4. The van der Waals surface area contributed by atoms with Gasteiger partial charge >= 0.3 is 12.2 Å². The van der Waals surface area contributed by atoms with Gasteiger partial charge in [0.25, 0.3) is 0 Å². The van der Waals surface area contributed by atoms with Gasteiger partial charge in [0.05, 0.1) is 36.7 Å². The second kappa shape index (κ2) is 11.8. The van der Waals surface area contributed by atoms with Gasteiger partial charge in [0.2, 0.25) is 0 Å². The molecule has 6 rings (SSSR count). The van der Waals surface area contributed by atoms with Gasteiger partial charge in [0, 0.05) is 48.4 Å². The highest BCUT2D eigenvalue weighted by molar-refractivity contribution is 5.95. The first-order chi connectivity index (χ1) is 20.7. The number of hydrogen-bond donors (Lipinski definition) is 3. The minimum absolute atomic E-state index is 0.00181. The summed E-state index contributed by atoms with van der Waals surface area (Å²) < 4.78 is 60.0. The van der Waals surface area contributed by atoms with E-state index in [-0.39, 0.29) is 31.9 Å². The Kier molecular flexibility index (Phi) is 7.93. The number of nitrogens with one attached hydrogen (secondary N) is 2. The van der Waals surface area contributed by atoms with Crippen LogP contribution in [0.4, 0.5) is 28.0 Å². The molecular weight excluding hydrogens is 568 g/mol. The molecule has 0 unspecified atom stereocenters. The molecule has 2 amide bonds. The molecule has 2 aliphatic rings. The molecule has 2 aromatic carbocycles. The normalized spacial score (nSPS) is 16.6. The third kappa shape index (κ3) is 6.27. The van der Waals surface area contributed by atoms with Gasteiger partial charge in [0.1, 0.15) is 18.1 Å². The number of carbonyl (C=O) groups is 1. The summed E-state index contributed by atoms with van der Waals surface area (Å²) in [6.07, 6.45) is -2.24. The van der Waals surface area contributed by atoms with E-state index in [0.717, 1.165) is 5.69 Å². The van der Waals surface area contributed by atoms with Gasteiger partial charge in [-0.1, -0.05) is 18.2 Å². The number of pyridine rings is 1. The van der Waals surface area contributed by atoms with E-state index in [9.17, 15) is 23.1 Å². The molecule has 9 nitrogen and oxygen atoms in total. The lowest BCUT2D eigenvalue weighted by atomic mass is 9.99. The molecule has 0 aliphatic carbocycles. The summed E-state index contributed by atoms with van der Waals surface area (Å²) in [6.45, 7) is -0.333. The Hall–Kier alpha value is -4.23. The van der Waals surface area contributed by atoms with Gasteiger partial charge in [0.15, 0.2) is 0 Å². The number of nitrogens with zero attached hydrogens (tertiary/aromatic N) is 4. The second-order valence-corrected chi connectivity index (χ2v) is 10.8. The Morgan fingerprint density at radius 1 is 1.12 bits per heavy atom. The Bertz CT molecular complexity index is 1630. The van der Waals surface area contributed by atoms with Crippen molar-refractivity contribution in [2.45, 2.75) is 38.3 Å². The van der Waals surface area contributed by atoms with Crippen molar-refractivity contribution in [2.24, 2.45) is 0 Å². The summed E-state index contributed by atoms with van der Waals surface area (Å²) in [6, 6.07) is 11.2. The number of alkyl halides is 3. The van der Waals surface area contributed by atoms with Crippen LogP contribution in [0.25, 0.3) is 33.4 Å². The minimum Gasteiger partial charge on any atom is -0.393 e. The zero-order valence-electron chi connectivity index (χ0n) is 23.1. The van der Waals surface area contributed by atoms with Gasteiger partial charge in [-0.15, -0.1) is 0 Å². The van der Waals surface area contributed by atoms with Gasteiger partial charge < -0.3 is 25.0 Å². The Morgan fingerprint density at radius 2 is 1.93 bits per heavy atom. The van der Waals surface area contributed by atoms with Crippen LogP contribution in [0.2, 0.25) is 0 Å². The van der Waals surface area contributed by atoms with Crippen LogP contribution in [0.5, 0.6) is 0 Å². The molecule has 2 aliphatic heterocycles. The van der Waals surface area contributed by atoms with E-state index in [2.05, 4.69) is 20.1 Å². The third-order valence-electron chi connectivity index (χ3n) is 7.81. The monoisotopic (exact) mass is 598 g/mol. The van der Waals surface area contributed by atoms with E-state index in [0.29, 0.717) is 64.9 Å². The first-order valence-electron chi connectivity index (χ1n) is 14.0. The van der Waals surface area contributed by atoms with Crippen molar-refractivity contribution in [1.82, 2.24) is 25.4 Å². The number of aromatic nitrogens is 3. The van der Waals surface area contributed by atoms with E-state index in [1.54, 1.807) is 24.4 Å². The zero-order chi connectivity index (χ0) is 30.1. The molecule has 1 fully saturated rings. The summed E-state index contributed by atoms with van der Waals surface area (Å²) in [7, 11) is 0. The van der Waals surface area contributed by atoms with Crippen LogP contribution in [0.15, 0.2) is 48.7 Å². The number of aliphatic hydroxyl groups excluding tert-OH is 1. The molecular formula is C30H30F4N6O3. The van der Waals surface area contributed by atoms with Crippen molar-refractivity contribution in [3.63, 3.8) is 0 Å². The van der Waals surface area contributed by atoms with Crippen molar-refractivity contribution in [3.8, 4) is 22.5 Å². The standard InChI is InChI=1S/C30H30F4N6O3/c31-23-3-1-2-19-16-43-11-10-40(29(42)36-17-30(32,33)34)15-20-12-18(4-5-26(20)39-8-6-21(41)7-9-39)28-22-13-24(27(19)23)35-14-25(22)37-38-28/h1-5,12-14,21,41H,6-11,15-17H2,(H,36,42)(H,37,38). The number of anilines is 1. The average Bonchev–Trinajstić information content (AvgIpc) is 3.40. The van der Waals surface area contributed by atoms with Crippen LogP contribution in [0.3, 0.4) is 0 Å². The molecule has 43 heavy (non-hydrogen) atoms. The molecule has 2 aromatic heterocycles. The number of urea groups is 1. The Morgan fingerprint density at radius 3 is 2.72 bits per heavy atom. The zero-order valence-corrected chi connectivity index (χ0v) is 23.1. The maximum Gasteiger partial charge on any atom is 0.405 e. The topological polar surface area (TPSA) is 107 Å². The summed E-state index contributed by atoms with van der Waals surface area (Å²) in [5.41, 5.74) is 4.65. The van der Waals surface area contributed by atoms with Crippen LogP contribution < -0.4 is 10.2 Å². The largest absolute Gasteiger partial charge is 0.405 e. The smallest absolute Gasteiger partial charge is 0.393 e. The molecule has 1 saturated heterocycles. The second-order valence-electron chi connectivity index (χ2n) is 10.8. The number of amides is 2. The number of aromatic amines is 1. The number of hydrogen-bond acceptors (Lipinski definition) is 6. The molecule has 3 N–H and O–H groups in total. The Labute approximate surface area is 244 Å². The fraction of sp³-hybridized carbons (Fsp3) is 0.367. The van der Waals surface area contributed by atoms with Crippen LogP contribution in [-0.4, -0.2) is 76.3 Å². The number of halogens is 4. The van der Waals surface area contributed by atoms with Crippen molar-refractivity contribution in [2.75, 3.05) is 37.7 Å². The number of carbonyl (C=O) groups excluding carboxylic acids is 1. The highest BCUT2D eigenvalue weighted by Crippen LogP contribution is 2.35. The van der Waals surface area contributed by atoms with Gasteiger partial charge in [-0.05, 0) is 48.2 Å². The molecule has 226 valence electrons. The van der Waals surface area contributed by atoms with Gasteiger partial charge in [-0.2, -0.15) is 18.3 Å². The van der Waals surface area contributed by atoms with Crippen LogP contribution in [0.1, 0.15) is 24.0 Å². The van der Waals surface area contributed by atoms with E-state index in [1.165, 1.54) is 11.0 Å². The average molecular weight is 599 g/mol. The molecule has 0 atom stereocenters. The third-order valence-corrected chi connectivity index (χ3v) is 7.81. The van der Waals surface area contributed by atoms with Crippen molar-refractivity contribution in [3.05, 3.63) is 65.6 Å². The number of benzene rings is 2. The lowest BCUT2D eigenvalue weighted by molar-refractivity contribution is -0.123. The SMILES string of the molecule is O=C(NCC(F)(F)F)N1CCOCc2cccc(F)c2-c2cc3c(n[nH]c3cn2)-c2ccc(N3CCC(O)CC3)c(c2)C1. The maximum absolute atomic E-state index is 15.2. The fourth-order valence-electron chi connectivity index (χ4n) is 5.63. The predicted molar refractivity (Wildman–Crippen MR) is 152 cm³/mol. The number of ether oxygens (including phenoxy) is 1. The number of H-pyrrole nitrogens is 1. The first kappa shape index (κ1) is 28.9. The maximum atomic E-state index is 15.2. The van der Waals surface area contributed by atoms with Crippen LogP contribution >= 0.6 is 0 Å². The number of fused-ring (bicyclic) bond motifs is 6. The fourth-order valence-corrected chi connectivity index (χ4v) is 5.63. The lowest BCUT2D eigenvalue weighted by Gasteiger charge is -2.34. The summed E-state index contributed by atoms with van der Waals surface area (Å²) in [5, 5.41) is 20.2. The quantitative estimate of drug-likeness (QED) is 0.281. The number of piperidine rings is 1. The molecule has 0 saturated carbocycles. The highest BCUT2D eigenvalue weighted by Gasteiger charge is 2.30. The molecule has 4 heterocycles. The van der Waals surface area contributed by atoms with E-state index in [4.69, 9.17) is 4.74 Å². The molecule has 4 bridgehead atoms. The van der Waals surface area contributed by atoms with E-state index < -0.39 is 30.7 Å². The first-order valence-corrected chi connectivity index (χ1v) is 14.0. The van der Waals surface area contributed by atoms with Crippen LogP contribution in [0, 0.1) is 5.82 Å². The molecule has 4 aromatic rings. The Balaban J connectivity index is 1.47. The number of rotatable bonds is 2. The summed E-state index contributed by atoms with van der Waals surface area (Å²) in [4.78, 5) is 20.9. The molecule has 0 spiro atoms. The van der Waals surface area contributed by atoms with Crippen molar-refractivity contribution < 1.29 is 32.2 Å². The minimum atomic E-state index is -4.58. The van der Waals surface area contributed by atoms with E-state index in [1.807, 2.05) is 23.5 Å².